The SMILES string of the molecule is CC(C)c1csc(Nc2c(Cl)cc(N)cc2C(=O)O)n1. The zero-order chi connectivity index (χ0) is 14.9. The molecule has 0 aliphatic heterocycles. The maximum Gasteiger partial charge on any atom is 0.337 e. The van der Waals surface area contributed by atoms with Crippen LogP contribution in [0.3, 0.4) is 0 Å². The molecule has 1 heterocycles. The minimum Gasteiger partial charge on any atom is -0.478 e. The van der Waals surface area contributed by atoms with Crippen molar-refractivity contribution in [2.24, 2.45) is 0 Å². The number of hydrogen-bond donors (Lipinski definition) is 3. The van der Waals surface area contributed by atoms with Crippen molar-refractivity contribution >= 4 is 45.4 Å². The molecule has 1 aromatic carbocycles. The Hall–Kier alpha value is -1.79. The summed E-state index contributed by atoms with van der Waals surface area (Å²) in [5, 5.41) is 15.0. The Morgan fingerprint density at radius 2 is 2.20 bits per heavy atom. The predicted octanol–water partition coefficient (Wildman–Crippen LogP) is 3.94. The Bertz CT molecular complexity index is 655. The van der Waals surface area contributed by atoms with E-state index in [4.69, 9.17) is 17.3 Å². The molecule has 2 aromatic rings. The van der Waals surface area contributed by atoms with Gasteiger partial charge >= 0.3 is 5.97 Å². The number of rotatable bonds is 4. The number of nitrogens with zero attached hydrogens (tertiary/aromatic N) is 1. The molecule has 0 radical (unpaired) electrons. The Balaban J connectivity index is 2.39. The van der Waals surface area contributed by atoms with Crippen LogP contribution in [0, 0.1) is 0 Å². The van der Waals surface area contributed by atoms with E-state index in [1.165, 1.54) is 23.5 Å². The van der Waals surface area contributed by atoms with Gasteiger partial charge in [0.1, 0.15) is 0 Å². The summed E-state index contributed by atoms with van der Waals surface area (Å²) >= 11 is 7.47. The first kappa shape index (κ1) is 14.6. The number of nitrogens with one attached hydrogen (secondary N) is 1. The van der Waals surface area contributed by atoms with E-state index < -0.39 is 5.97 Å². The van der Waals surface area contributed by atoms with Gasteiger partial charge in [0.25, 0.3) is 0 Å². The second-order valence-corrected chi connectivity index (χ2v) is 5.85. The van der Waals surface area contributed by atoms with E-state index >= 15 is 0 Å². The van der Waals surface area contributed by atoms with Gasteiger partial charge in [0.15, 0.2) is 5.13 Å². The quantitative estimate of drug-likeness (QED) is 0.744. The lowest BCUT2D eigenvalue weighted by Crippen LogP contribution is -2.05. The van der Waals surface area contributed by atoms with Crippen LogP contribution in [0.4, 0.5) is 16.5 Å². The lowest BCUT2D eigenvalue weighted by molar-refractivity contribution is 0.0698. The van der Waals surface area contributed by atoms with Gasteiger partial charge < -0.3 is 16.2 Å². The van der Waals surface area contributed by atoms with Crippen LogP contribution in [0.5, 0.6) is 0 Å². The van der Waals surface area contributed by atoms with Gasteiger partial charge in [-0.05, 0) is 18.1 Å². The molecule has 5 nitrogen and oxygen atoms in total. The number of carbonyl (C=O) groups is 1. The number of benzene rings is 1. The van der Waals surface area contributed by atoms with Crippen LogP contribution >= 0.6 is 22.9 Å². The largest absolute Gasteiger partial charge is 0.478 e. The molecule has 0 spiro atoms. The average Bonchev–Trinajstić information content (AvgIpc) is 2.80. The summed E-state index contributed by atoms with van der Waals surface area (Å²) < 4.78 is 0. The number of halogens is 1. The highest BCUT2D eigenvalue weighted by Gasteiger charge is 2.16. The maximum absolute atomic E-state index is 11.3. The third-order valence-electron chi connectivity index (χ3n) is 2.69. The van der Waals surface area contributed by atoms with Gasteiger partial charge in [-0.3, -0.25) is 0 Å². The molecule has 7 heteroatoms. The lowest BCUT2D eigenvalue weighted by Gasteiger charge is -2.10. The molecule has 106 valence electrons. The fraction of sp³-hybridized carbons (Fsp3) is 0.231. The topological polar surface area (TPSA) is 88.2 Å². The summed E-state index contributed by atoms with van der Waals surface area (Å²) in [6.45, 7) is 4.08. The van der Waals surface area contributed by atoms with Crippen LogP contribution in [0.25, 0.3) is 0 Å². The van der Waals surface area contributed by atoms with Gasteiger partial charge in [0.2, 0.25) is 0 Å². The molecule has 20 heavy (non-hydrogen) atoms. The number of aromatic nitrogens is 1. The molecule has 2 rings (SSSR count). The lowest BCUT2D eigenvalue weighted by atomic mass is 10.1. The van der Waals surface area contributed by atoms with Crippen molar-refractivity contribution in [1.29, 1.82) is 0 Å². The molecule has 0 aliphatic carbocycles. The van der Waals surface area contributed by atoms with Crippen LogP contribution in [0.15, 0.2) is 17.5 Å². The second kappa shape index (κ2) is 5.68. The summed E-state index contributed by atoms with van der Waals surface area (Å²) in [6, 6.07) is 2.88. The normalized spacial score (nSPS) is 10.8. The Morgan fingerprint density at radius 1 is 1.50 bits per heavy atom. The maximum atomic E-state index is 11.3. The second-order valence-electron chi connectivity index (χ2n) is 4.59. The molecule has 0 fully saturated rings. The zero-order valence-electron chi connectivity index (χ0n) is 11.0. The molecule has 0 unspecified atom stereocenters. The van der Waals surface area contributed by atoms with E-state index in [1.807, 2.05) is 19.2 Å². The van der Waals surface area contributed by atoms with Crippen molar-refractivity contribution in [2.75, 3.05) is 11.1 Å². The number of nitrogens with two attached hydrogens (primary N) is 1. The van der Waals surface area contributed by atoms with Crippen LogP contribution < -0.4 is 11.1 Å². The number of carboxylic acids is 1. The number of thiazole rings is 1. The monoisotopic (exact) mass is 311 g/mol. The number of anilines is 3. The van der Waals surface area contributed by atoms with E-state index in [1.54, 1.807) is 0 Å². The number of carboxylic acid groups (broad SMARTS) is 1. The molecular weight excluding hydrogens is 298 g/mol. The first-order valence-corrected chi connectivity index (χ1v) is 7.19. The summed E-state index contributed by atoms with van der Waals surface area (Å²) in [6.07, 6.45) is 0. The van der Waals surface area contributed by atoms with Crippen molar-refractivity contribution in [3.8, 4) is 0 Å². The molecule has 1 aromatic heterocycles. The molecular formula is C13H14ClN3O2S. The van der Waals surface area contributed by atoms with E-state index in [0.717, 1.165) is 5.69 Å². The Labute approximate surface area is 125 Å². The summed E-state index contributed by atoms with van der Waals surface area (Å²) in [5.74, 6) is -0.787. The smallest absolute Gasteiger partial charge is 0.337 e. The molecule has 4 N–H and O–H groups in total. The van der Waals surface area contributed by atoms with Crippen LogP contribution in [0.2, 0.25) is 5.02 Å². The molecule has 0 saturated carbocycles. The fourth-order valence-electron chi connectivity index (χ4n) is 1.64. The Kier molecular flexibility index (Phi) is 4.15. The van der Waals surface area contributed by atoms with E-state index in [2.05, 4.69) is 10.3 Å². The van der Waals surface area contributed by atoms with E-state index in [9.17, 15) is 9.90 Å². The third-order valence-corrected chi connectivity index (χ3v) is 3.76. The minimum absolute atomic E-state index is 0.0243. The van der Waals surface area contributed by atoms with Crippen molar-refractivity contribution in [3.63, 3.8) is 0 Å². The van der Waals surface area contributed by atoms with E-state index in [-0.39, 0.29) is 10.6 Å². The van der Waals surface area contributed by atoms with Gasteiger partial charge in [-0.2, -0.15) is 0 Å². The standard InChI is InChI=1S/C13H14ClN3O2S/c1-6(2)10-5-20-13(16-10)17-11-8(12(18)19)3-7(15)4-9(11)14/h3-6H,15H2,1-2H3,(H,16,17)(H,18,19). The van der Waals surface area contributed by atoms with Gasteiger partial charge in [-0.25, -0.2) is 9.78 Å². The van der Waals surface area contributed by atoms with Crippen molar-refractivity contribution in [3.05, 3.63) is 33.8 Å². The van der Waals surface area contributed by atoms with Crippen LogP contribution in [0.1, 0.15) is 35.8 Å². The van der Waals surface area contributed by atoms with Crippen molar-refractivity contribution < 1.29 is 9.90 Å². The molecule has 0 saturated heterocycles. The highest BCUT2D eigenvalue weighted by atomic mass is 35.5. The zero-order valence-corrected chi connectivity index (χ0v) is 12.5. The highest BCUT2D eigenvalue weighted by Crippen LogP contribution is 2.33. The van der Waals surface area contributed by atoms with Crippen molar-refractivity contribution in [1.82, 2.24) is 4.98 Å². The molecule has 0 atom stereocenters. The number of aromatic carboxylic acids is 1. The van der Waals surface area contributed by atoms with Crippen LogP contribution in [-0.2, 0) is 0 Å². The number of hydrogen-bond acceptors (Lipinski definition) is 5. The fourth-order valence-corrected chi connectivity index (χ4v) is 2.79. The molecule has 0 amide bonds. The number of nitrogen functional groups attached to an aromatic ring is 1. The molecule has 0 bridgehead atoms. The van der Waals surface area contributed by atoms with Gasteiger partial charge in [-0.15, -0.1) is 11.3 Å². The Morgan fingerprint density at radius 3 is 2.75 bits per heavy atom. The molecule has 0 aliphatic rings. The first-order chi connectivity index (χ1) is 9.38. The summed E-state index contributed by atoms with van der Waals surface area (Å²) in [7, 11) is 0. The summed E-state index contributed by atoms with van der Waals surface area (Å²) in [4.78, 5) is 15.7. The summed E-state index contributed by atoms with van der Waals surface area (Å²) in [5.41, 5.74) is 7.19. The van der Waals surface area contributed by atoms with Gasteiger partial charge in [0, 0.05) is 11.1 Å². The highest BCUT2D eigenvalue weighted by molar-refractivity contribution is 7.13. The van der Waals surface area contributed by atoms with Gasteiger partial charge in [-0.1, -0.05) is 25.4 Å². The van der Waals surface area contributed by atoms with Crippen LogP contribution in [-0.4, -0.2) is 16.1 Å². The third kappa shape index (κ3) is 3.02. The predicted molar refractivity (Wildman–Crippen MR) is 82.3 cm³/mol. The average molecular weight is 312 g/mol. The van der Waals surface area contributed by atoms with E-state index in [0.29, 0.717) is 22.4 Å². The minimum atomic E-state index is -1.10. The van der Waals surface area contributed by atoms with Gasteiger partial charge in [0.05, 0.1) is 22.0 Å². The van der Waals surface area contributed by atoms with Crippen molar-refractivity contribution in [2.45, 2.75) is 19.8 Å². The first-order valence-electron chi connectivity index (χ1n) is 5.93.